The summed E-state index contributed by atoms with van der Waals surface area (Å²) in [6.07, 6.45) is 0. The van der Waals surface area contributed by atoms with E-state index in [9.17, 15) is 18.0 Å². The lowest BCUT2D eigenvalue weighted by molar-refractivity contribution is 0.415. The molecule has 1 N–H and O–H groups in total. The molecule has 1 heterocycles. The van der Waals surface area contributed by atoms with Crippen molar-refractivity contribution in [1.29, 1.82) is 0 Å². The number of sulfonamides is 1. The number of methoxy groups -OCH3 is 1. The Morgan fingerprint density at radius 1 is 1.04 bits per heavy atom. The van der Waals surface area contributed by atoms with E-state index in [0.29, 0.717) is 11.3 Å². The minimum Gasteiger partial charge on any atom is -0.495 e. The summed E-state index contributed by atoms with van der Waals surface area (Å²) in [6, 6.07) is 8.45. The number of aromatic nitrogens is 2. The number of nitrogens with one attached hydrogen (secondary N) is 1. The van der Waals surface area contributed by atoms with E-state index >= 15 is 0 Å². The van der Waals surface area contributed by atoms with Gasteiger partial charge in [-0.25, -0.2) is 13.2 Å². The van der Waals surface area contributed by atoms with Gasteiger partial charge in [-0.2, -0.15) is 0 Å². The van der Waals surface area contributed by atoms with E-state index in [4.69, 9.17) is 16.3 Å². The van der Waals surface area contributed by atoms with Gasteiger partial charge in [0, 0.05) is 14.1 Å². The first-order valence-corrected chi connectivity index (χ1v) is 9.58. The Morgan fingerprint density at radius 3 is 2.37 bits per heavy atom. The predicted octanol–water partition coefficient (Wildman–Crippen LogP) is 1.70. The molecule has 0 fully saturated rings. The Morgan fingerprint density at radius 2 is 1.74 bits per heavy atom. The first kappa shape index (κ1) is 19.0. The molecule has 0 aliphatic carbocycles. The predicted molar refractivity (Wildman–Crippen MR) is 103 cm³/mol. The van der Waals surface area contributed by atoms with Crippen LogP contribution in [0.2, 0.25) is 5.02 Å². The summed E-state index contributed by atoms with van der Waals surface area (Å²) >= 11 is 6.02. The van der Waals surface area contributed by atoms with E-state index in [1.165, 1.54) is 62.2 Å². The van der Waals surface area contributed by atoms with Crippen molar-refractivity contribution < 1.29 is 13.2 Å². The normalized spacial score (nSPS) is 11.6. The lowest BCUT2D eigenvalue weighted by atomic mass is 10.2. The molecule has 0 atom stereocenters. The zero-order chi connectivity index (χ0) is 19.9. The first-order chi connectivity index (χ1) is 12.7. The minimum atomic E-state index is -3.98. The molecule has 0 bridgehead atoms. The fourth-order valence-corrected chi connectivity index (χ4v) is 4.02. The molecule has 3 rings (SSSR count). The Hall–Kier alpha value is -2.78. The van der Waals surface area contributed by atoms with Gasteiger partial charge in [0.2, 0.25) is 0 Å². The van der Waals surface area contributed by atoms with E-state index < -0.39 is 21.3 Å². The number of benzene rings is 2. The van der Waals surface area contributed by atoms with Crippen molar-refractivity contribution in [2.24, 2.45) is 14.1 Å². The highest BCUT2D eigenvalue weighted by molar-refractivity contribution is 7.92. The molecular weight excluding hydrogens is 394 g/mol. The Bertz CT molecular complexity index is 1280. The van der Waals surface area contributed by atoms with Gasteiger partial charge in [0.25, 0.3) is 15.6 Å². The number of nitrogens with zero attached hydrogens (tertiary/aromatic N) is 2. The van der Waals surface area contributed by atoms with Gasteiger partial charge in [-0.1, -0.05) is 11.6 Å². The summed E-state index contributed by atoms with van der Waals surface area (Å²) in [7, 11) is 0.320. The fourth-order valence-electron chi connectivity index (χ4n) is 2.69. The second-order valence-corrected chi connectivity index (χ2v) is 7.93. The van der Waals surface area contributed by atoms with Gasteiger partial charge >= 0.3 is 5.69 Å². The van der Waals surface area contributed by atoms with Crippen LogP contribution in [-0.4, -0.2) is 24.7 Å². The van der Waals surface area contributed by atoms with Crippen molar-refractivity contribution in [2.45, 2.75) is 4.90 Å². The Balaban J connectivity index is 2.10. The van der Waals surface area contributed by atoms with Crippen molar-refractivity contribution in [3.8, 4) is 5.75 Å². The molecule has 0 spiro atoms. The lowest BCUT2D eigenvalue weighted by Gasteiger charge is -2.12. The minimum absolute atomic E-state index is 0.113. The molecule has 0 radical (unpaired) electrons. The van der Waals surface area contributed by atoms with Crippen molar-refractivity contribution in [1.82, 2.24) is 9.13 Å². The standard InChI is InChI=1S/C17H16ClN3O5S/c1-20-14-6-5-11(9-12(14)16(22)21(2)17(20)23)27(24,25)19-10-4-7-15(26-3)13(18)8-10/h4-9,19H,1-3H3. The summed E-state index contributed by atoms with van der Waals surface area (Å²) in [4.78, 5) is 24.2. The van der Waals surface area contributed by atoms with Crippen molar-refractivity contribution >= 4 is 38.2 Å². The van der Waals surface area contributed by atoms with Crippen LogP contribution in [0.4, 0.5) is 5.69 Å². The average molecular weight is 410 g/mol. The van der Waals surface area contributed by atoms with Gasteiger partial charge in [0.1, 0.15) is 5.75 Å². The Labute approximate surface area is 159 Å². The third-order valence-corrected chi connectivity index (χ3v) is 5.83. The zero-order valence-electron chi connectivity index (χ0n) is 14.7. The smallest absolute Gasteiger partial charge is 0.330 e. The van der Waals surface area contributed by atoms with Crippen molar-refractivity contribution in [3.05, 3.63) is 62.3 Å². The molecule has 1 aromatic heterocycles. The van der Waals surface area contributed by atoms with Gasteiger partial charge in [0.05, 0.1) is 33.6 Å². The highest BCUT2D eigenvalue weighted by Gasteiger charge is 2.18. The van der Waals surface area contributed by atoms with E-state index in [-0.39, 0.29) is 21.0 Å². The van der Waals surface area contributed by atoms with Crippen LogP contribution in [0.25, 0.3) is 10.9 Å². The molecule has 8 nitrogen and oxygen atoms in total. The fraction of sp³-hybridized carbons (Fsp3) is 0.176. The third kappa shape index (κ3) is 3.31. The third-order valence-electron chi connectivity index (χ3n) is 4.15. The summed E-state index contributed by atoms with van der Waals surface area (Å²) in [5, 5.41) is 0.371. The molecule has 0 amide bonds. The van der Waals surface area contributed by atoms with Crippen molar-refractivity contribution in [2.75, 3.05) is 11.8 Å². The number of anilines is 1. The Kier molecular flexibility index (Phi) is 4.75. The lowest BCUT2D eigenvalue weighted by Crippen LogP contribution is -2.37. The number of halogens is 1. The van der Waals surface area contributed by atoms with E-state index in [1.807, 2.05) is 0 Å². The van der Waals surface area contributed by atoms with Crippen LogP contribution < -0.4 is 20.7 Å². The quantitative estimate of drug-likeness (QED) is 0.707. The maximum absolute atomic E-state index is 12.7. The van der Waals surface area contributed by atoms with Crippen LogP contribution >= 0.6 is 11.6 Å². The van der Waals surface area contributed by atoms with Crippen molar-refractivity contribution in [3.63, 3.8) is 0 Å². The molecule has 0 aliphatic heterocycles. The van der Waals surface area contributed by atoms with E-state index in [2.05, 4.69) is 4.72 Å². The number of ether oxygens (including phenoxy) is 1. The van der Waals surface area contributed by atoms with Gasteiger partial charge in [-0.15, -0.1) is 0 Å². The number of hydrogen-bond donors (Lipinski definition) is 1. The summed E-state index contributed by atoms with van der Waals surface area (Å²) in [5.41, 5.74) is -0.476. The first-order valence-electron chi connectivity index (χ1n) is 7.72. The highest BCUT2D eigenvalue weighted by Crippen LogP contribution is 2.28. The molecular formula is C17H16ClN3O5S. The summed E-state index contributed by atoms with van der Waals surface area (Å²) in [6.45, 7) is 0. The maximum Gasteiger partial charge on any atom is 0.330 e. The SMILES string of the molecule is COc1ccc(NS(=O)(=O)c2ccc3c(c2)c(=O)n(C)c(=O)n3C)cc1Cl. The topological polar surface area (TPSA) is 99.4 Å². The highest BCUT2D eigenvalue weighted by atomic mass is 35.5. The van der Waals surface area contributed by atoms with Crippen LogP contribution in [-0.2, 0) is 24.1 Å². The molecule has 10 heteroatoms. The summed E-state index contributed by atoms with van der Waals surface area (Å²) in [5.74, 6) is 0.412. The number of aryl methyl sites for hydroxylation is 1. The number of hydrogen-bond acceptors (Lipinski definition) is 5. The molecule has 0 unspecified atom stereocenters. The zero-order valence-corrected chi connectivity index (χ0v) is 16.3. The van der Waals surface area contributed by atoms with Gasteiger partial charge in [0.15, 0.2) is 0 Å². The largest absolute Gasteiger partial charge is 0.495 e. The molecule has 0 aliphatic rings. The molecule has 142 valence electrons. The second-order valence-electron chi connectivity index (χ2n) is 5.84. The molecule has 3 aromatic rings. The molecule has 0 saturated carbocycles. The molecule has 0 saturated heterocycles. The molecule has 2 aromatic carbocycles. The van der Waals surface area contributed by atoms with Gasteiger partial charge in [-0.05, 0) is 36.4 Å². The van der Waals surface area contributed by atoms with E-state index in [0.717, 1.165) is 4.57 Å². The van der Waals surface area contributed by atoms with Crippen LogP contribution in [0.5, 0.6) is 5.75 Å². The maximum atomic E-state index is 12.7. The van der Waals surface area contributed by atoms with Gasteiger partial charge < -0.3 is 4.74 Å². The number of fused-ring (bicyclic) bond motifs is 1. The monoisotopic (exact) mass is 409 g/mol. The van der Waals surface area contributed by atoms with Gasteiger partial charge in [-0.3, -0.25) is 18.7 Å². The van der Waals surface area contributed by atoms with Crippen LogP contribution in [0.3, 0.4) is 0 Å². The van der Waals surface area contributed by atoms with Crippen LogP contribution in [0, 0.1) is 0 Å². The number of rotatable bonds is 4. The van der Waals surface area contributed by atoms with Crippen LogP contribution in [0.15, 0.2) is 50.9 Å². The summed E-state index contributed by atoms with van der Waals surface area (Å²) < 4.78 is 35.0. The molecule has 27 heavy (non-hydrogen) atoms. The van der Waals surface area contributed by atoms with E-state index in [1.54, 1.807) is 0 Å². The second kappa shape index (κ2) is 6.75. The van der Waals surface area contributed by atoms with Crippen LogP contribution in [0.1, 0.15) is 0 Å². The average Bonchev–Trinajstić information content (AvgIpc) is 2.64.